The normalized spacial score (nSPS) is 20.9. The van der Waals surface area contributed by atoms with Crippen LogP contribution in [-0.2, 0) is 23.6 Å². The van der Waals surface area contributed by atoms with Crippen LogP contribution in [0.15, 0.2) is 79.1 Å². The van der Waals surface area contributed by atoms with E-state index in [-0.39, 0.29) is 17.9 Å². The monoisotopic (exact) mass is 667 g/mol. The van der Waals surface area contributed by atoms with Crippen molar-refractivity contribution in [3.05, 3.63) is 112 Å². The van der Waals surface area contributed by atoms with Crippen molar-refractivity contribution in [1.82, 2.24) is 19.4 Å². The Hall–Kier alpha value is -4.51. The molecule has 2 unspecified atom stereocenters. The van der Waals surface area contributed by atoms with Crippen LogP contribution in [0.3, 0.4) is 0 Å². The number of aromatic nitrogens is 3. The Morgan fingerprint density at radius 2 is 1.92 bits per heavy atom. The Kier molecular flexibility index (Phi) is 8.02. The van der Waals surface area contributed by atoms with Crippen molar-refractivity contribution in [3.8, 4) is 11.5 Å². The Bertz CT molecular complexity index is 1990. The van der Waals surface area contributed by atoms with Crippen LogP contribution in [-0.4, -0.2) is 51.1 Å². The second kappa shape index (κ2) is 12.5. The lowest BCUT2D eigenvalue weighted by atomic mass is 9.88. The highest BCUT2D eigenvalue weighted by Crippen LogP contribution is 2.50. The Balaban J connectivity index is 0.978. The van der Waals surface area contributed by atoms with Crippen molar-refractivity contribution >= 4 is 34.2 Å². The molecule has 0 spiro atoms. The standard InChI is InChI=1S/C37H35ClFN5O4/c1-37(29-9-7-25(38)18-30(29)39)47-33-6-2-5-28(35(33)48-37)23-11-15-43(16-12-23)22-34-42-31-19-26(41-36(45)24-4-3-14-40-20-24)8-10-32(31)44(34)21-27-13-17-46-27/h2-10,14,18-20,23,27H,11-13,15-17,21-22H2,1H3,(H,41,45). The summed E-state index contributed by atoms with van der Waals surface area (Å²) in [6.07, 6.45) is 6.26. The molecular formula is C37H35ClFN5O4. The molecule has 0 saturated carbocycles. The molecule has 2 atom stereocenters. The van der Waals surface area contributed by atoms with E-state index in [0.29, 0.717) is 39.9 Å². The molecule has 3 aliphatic rings. The average Bonchev–Trinajstić information content (AvgIpc) is 3.59. The van der Waals surface area contributed by atoms with E-state index in [1.54, 1.807) is 43.6 Å². The molecule has 5 aromatic rings. The summed E-state index contributed by atoms with van der Waals surface area (Å²) < 4.78 is 35.6. The molecule has 2 fully saturated rings. The van der Waals surface area contributed by atoms with Crippen LogP contribution < -0.4 is 14.8 Å². The van der Waals surface area contributed by atoms with Crippen molar-refractivity contribution in [3.63, 3.8) is 0 Å². The smallest absolute Gasteiger partial charge is 0.278 e. The molecule has 1 amide bonds. The molecule has 3 aromatic carbocycles. The van der Waals surface area contributed by atoms with Crippen LogP contribution in [0.4, 0.5) is 10.1 Å². The first kappa shape index (κ1) is 30.8. The minimum atomic E-state index is -1.28. The SMILES string of the molecule is CC1(c2ccc(Cl)cc2F)Oc2cccc(C3CCN(Cc4nc5cc(NC(=O)c6cccnc6)ccc5n4CC4CCO4)CC3)c2O1. The summed E-state index contributed by atoms with van der Waals surface area (Å²) in [6, 6.07) is 19.8. The van der Waals surface area contributed by atoms with E-state index in [1.807, 2.05) is 30.3 Å². The maximum atomic E-state index is 14.9. The Morgan fingerprint density at radius 1 is 1.06 bits per heavy atom. The predicted molar refractivity (Wildman–Crippen MR) is 180 cm³/mol. The number of benzene rings is 3. The van der Waals surface area contributed by atoms with E-state index in [9.17, 15) is 9.18 Å². The fraction of sp³-hybridized carbons (Fsp3) is 0.324. The van der Waals surface area contributed by atoms with Gasteiger partial charge in [0.05, 0.1) is 41.4 Å². The number of para-hydroxylation sites is 1. The minimum absolute atomic E-state index is 0.172. The van der Waals surface area contributed by atoms with Gasteiger partial charge >= 0.3 is 0 Å². The number of ether oxygens (including phenoxy) is 3. The third kappa shape index (κ3) is 5.89. The number of amides is 1. The van der Waals surface area contributed by atoms with Crippen molar-refractivity contribution in [1.29, 1.82) is 0 Å². The van der Waals surface area contributed by atoms with Gasteiger partial charge in [0.25, 0.3) is 11.7 Å². The lowest BCUT2D eigenvalue weighted by Crippen LogP contribution is -2.35. The number of hydrogen-bond acceptors (Lipinski definition) is 7. The Labute approximate surface area is 282 Å². The molecule has 0 radical (unpaired) electrons. The lowest BCUT2D eigenvalue weighted by molar-refractivity contribution is -0.0712. The molecule has 1 N–H and O–H groups in total. The zero-order valence-electron chi connectivity index (χ0n) is 26.5. The summed E-state index contributed by atoms with van der Waals surface area (Å²) in [6.45, 7) is 5.73. The lowest BCUT2D eigenvalue weighted by Gasteiger charge is -2.33. The van der Waals surface area contributed by atoms with Gasteiger partial charge in [-0.25, -0.2) is 9.37 Å². The third-order valence-corrected chi connectivity index (χ3v) is 9.85. The quantitative estimate of drug-likeness (QED) is 0.186. The van der Waals surface area contributed by atoms with E-state index in [4.69, 9.17) is 30.8 Å². The first-order valence-electron chi connectivity index (χ1n) is 16.3. The molecule has 48 heavy (non-hydrogen) atoms. The summed E-state index contributed by atoms with van der Waals surface area (Å²) in [5.74, 6) is 0.594. The third-order valence-electron chi connectivity index (χ3n) is 9.61. The predicted octanol–water partition coefficient (Wildman–Crippen LogP) is 7.29. The van der Waals surface area contributed by atoms with E-state index >= 15 is 0 Å². The molecule has 246 valence electrons. The maximum Gasteiger partial charge on any atom is 0.278 e. The number of hydrogen-bond donors (Lipinski definition) is 1. The van der Waals surface area contributed by atoms with Crippen molar-refractivity contribution < 1.29 is 23.4 Å². The van der Waals surface area contributed by atoms with Gasteiger partial charge in [0.15, 0.2) is 11.5 Å². The highest BCUT2D eigenvalue weighted by Gasteiger charge is 2.43. The number of halogens is 2. The number of carbonyl (C=O) groups excluding carboxylic acids is 1. The van der Waals surface area contributed by atoms with Gasteiger partial charge in [-0.1, -0.05) is 23.7 Å². The van der Waals surface area contributed by atoms with Gasteiger partial charge in [0, 0.05) is 42.2 Å². The number of imidazole rings is 1. The number of pyridine rings is 1. The number of nitrogens with one attached hydrogen (secondary N) is 1. The number of nitrogens with zero attached hydrogens (tertiary/aromatic N) is 4. The molecule has 5 heterocycles. The van der Waals surface area contributed by atoms with Gasteiger partial charge in [-0.05, 0) is 92.9 Å². The molecule has 11 heteroatoms. The van der Waals surface area contributed by atoms with Crippen LogP contribution in [0.5, 0.6) is 11.5 Å². The fourth-order valence-corrected chi connectivity index (χ4v) is 7.11. The van der Waals surface area contributed by atoms with Crippen LogP contribution in [0.25, 0.3) is 11.0 Å². The van der Waals surface area contributed by atoms with Crippen LogP contribution in [0.1, 0.15) is 59.4 Å². The van der Waals surface area contributed by atoms with E-state index in [0.717, 1.165) is 67.9 Å². The second-order valence-electron chi connectivity index (χ2n) is 12.8. The largest absolute Gasteiger partial charge is 0.444 e. The molecule has 3 aliphatic heterocycles. The number of rotatable bonds is 8. The van der Waals surface area contributed by atoms with Gasteiger partial charge in [-0.3, -0.25) is 14.7 Å². The van der Waals surface area contributed by atoms with Crippen molar-refractivity contribution in [2.45, 2.75) is 57.1 Å². The molecular weight excluding hydrogens is 633 g/mol. The number of anilines is 1. The molecule has 9 nitrogen and oxygen atoms in total. The van der Waals surface area contributed by atoms with Crippen LogP contribution in [0.2, 0.25) is 5.02 Å². The number of likely N-dealkylation sites (tertiary alicyclic amines) is 1. The summed E-state index contributed by atoms with van der Waals surface area (Å²) in [4.78, 5) is 24.3. The zero-order chi connectivity index (χ0) is 32.8. The fourth-order valence-electron chi connectivity index (χ4n) is 6.95. The summed E-state index contributed by atoms with van der Waals surface area (Å²) in [5.41, 5.74) is 4.43. The van der Waals surface area contributed by atoms with E-state index in [2.05, 4.69) is 25.8 Å². The first-order chi connectivity index (χ1) is 23.3. The second-order valence-corrected chi connectivity index (χ2v) is 13.3. The summed E-state index contributed by atoms with van der Waals surface area (Å²) >= 11 is 6.00. The van der Waals surface area contributed by atoms with Gasteiger partial charge in [-0.15, -0.1) is 0 Å². The highest BCUT2D eigenvalue weighted by molar-refractivity contribution is 6.30. The summed E-state index contributed by atoms with van der Waals surface area (Å²) in [7, 11) is 0. The van der Waals surface area contributed by atoms with Crippen LogP contribution >= 0.6 is 11.6 Å². The minimum Gasteiger partial charge on any atom is -0.444 e. The summed E-state index contributed by atoms with van der Waals surface area (Å²) in [5, 5.41) is 3.30. The number of piperidine rings is 1. The molecule has 2 saturated heterocycles. The molecule has 0 aliphatic carbocycles. The van der Waals surface area contributed by atoms with E-state index < -0.39 is 11.6 Å². The molecule has 8 rings (SSSR count). The number of carbonyl (C=O) groups is 1. The number of fused-ring (bicyclic) bond motifs is 2. The van der Waals surface area contributed by atoms with Gasteiger partial charge in [0.1, 0.15) is 11.6 Å². The maximum absolute atomic E-state index is 14.9. The molecule has 0 bridgehead atoms. The zero-order valence-corrected chi connectivity index (χ0v) is 27.3. The van der Waals surface area contributed by atoms with E-state index in [1.165, 1.54) is 6.07 Å². The van der Waals surface area contributed by atoms with Gasteiger partial charge in [-0.2, -0.15) is 0 Å². The topological polar surface area (TPSA) is 90.7 Å². The Morgan fingerprint density at radius 3 is 2.67 bits per heavy atom. The van der Waals surface area contributed by atoms with Crippen molar-refractivity contribution in [2.75, 3.05) is 25.0 Å². The average molecular weight is 668 g/mol. The first-order valence-corrected chi connectivity index (χ1v) is 16.7. The van der Waals surface area contributed by atoms with Gasteiger partial charge in [0.2, 0.25) is 0 Å². The molecule has 2 aromatic heterocycles. The highest BCUT2D eigenvalue weighted by atomic mass is 35.5. The van der Waals surface area contributed by atoms with Crippen molar-refractivity contribution in [2.24, 2.45) is 0 Å². The van der Waals surface area contributed by atoms with Crippen LogP contribution in [0, 0.1) is 5.82 Å². The van der Waals surface area contributed by atoms with Gasteiger partial charge < -0.3 is 24.1 Å².